The molecule has 4 N–H and O–H groups in total. The third-order valence-corrected chi connectivity index (χ3v) is 4.67. The summed E-state index contributed by atoms with van der Waals surface area (Å²) in [5, 5.41) is 23.9. The summed E-state index contributed by atoms with van der Waals surface area (Å²) in [6.45, 7) is 6.94. The predicted molar refractivity (Wildman–Crippen MR) is 92.1 cm³/mol. The van der Waals surface area contributed by atoms with Crippen molar-refractivity contribution in [3.8, 4) is 0 Å². The van der Waals surface area contributed by atoms with Gasteiger partial charge in [-0.05, 0) is 44.0 Å². The summed E-state index contributed by atoms with van der Waals surface area (Å²) in [4.78, 5) is 23.7. The number of anilines is 1. The van der Waals surface area contributed by atoms with Crippen molar-refractivity contribution in [3.63, 3.8) is 0 Å². The zero-order chi connectivity index (χ0) is 17.6. The third-order valence-electron chi connectivity index (χ3n) is 3.41. The quantitative estimate of drug-likeness (QED) is 0.572. The summed E-state index contributed by atoms with van der Waals surface area (Å²) in [6.07, 6.45) is 1.08. The van der Waals surface area contributed by atoms with Gasteiger partial charge in [0, 0.05) is 15.8 Å². The van der Waals surface area contributed by atoms with Crippen molar-refractivity contribution in [3.05, 3.63) is 23.8 Å². The van der Waals surface area contributed by atoms with Crippen LogP contribution in [-0.2, 0) is 4.79 Å². The van der Waals surface area contributed by atoms with Crippen molar-refractivity contribution in [1.29, 1.82) is 0 Å². The van der Waals surface area contributed by atoms with Crippen molar-refractivity contribution in [2.24, 2.45) is 0 Å². The van der Waals surface area contributed by atoms with Crippen molar-refractivity contribution >= 4 is 29.4 Å². The maximum Gasteiger partial charge on any atom is 0.337 e. The Hall–Kier alpha value is -1.73. The van der Waals surface area contributed by atoms with Gasteiger partial charge in [0.1, 0.15) is 0 Å². The molecule has 23 heavy (non-hydrogen) atoms. The number of urea groups is 1. The van der Waals surface area contributed by atoms with Gasteiger partial charge in [-0.1, -0.05) is 13.8 Å². The molecular formula is C16H24N2O4S. The largest absolute Gasteiger partial charge is 0.479 e. The Morgan fingerprint density at radius 1 is 1.39 bits per heavy atom. The first-order valence-electron chi connectivity index (χ1n) is 7.43. The molecule has 0 aliphatic rings. The summed E-state index contributed by atoms with van der Waals surface area (Å²) in [5.41, 5.74) is -0.437. The van der Waals surface area contributed by atoms with Crippen LogP contribution in [0.15, 0.2) is 23.1 Å². The average molecular weight is 340 g/mol. The SMILES string of the molecule is CCC(C)Sc1ccc(NC(=O)NCC(C)(O)C(=O)O)c(C)c1. The summed E-state index contributed by atoms with van der Waals surface area (Å²) >= 11 is 1.78. The second kappa shape index (κ2) is 8.21. The van der Waals surface area contributed by atoms with Crippen LogP contribution >= 0.6 is 11.8 Å². The van der Waals surface area contributed by atoms with Gasteiger partial charge in [0.2, 0.25) is 0 Å². The number of benzene rings is 1. The van der Waals surface area contributed by atoms with E-state index < -0.39 is 17.6 Å². The van der Waals surface area contributed by atoms with Gasteiger partial charge in [0.05, 0.1) is 6.54 Å². The van der Waals surface area contributed by atoms with Gasteiger partial charge in [0.15, 0.2) is 5.60 Å². The number of aliphatic hydroxyl groups is 1. The van der Waals surface area contributed by atoms with Crippen LogP contribution in [0.2, 0.25) is 0 Å². The van der Waals surface area contributed by atoms with Gasteiger partial charge in [-0.15, -0.1) is 11.8 Å². The standard InChI is InChI=1S/C16H24N2O4S/c1-5-11(3)23-12-6-7-13(10(2)8-12)18-15(21)17-9-16(4,22)14(19)20/h6-8,11,22H,5,9H2,1-4H3,(H,19,20)(H2,17,18,21). The van der Waals surface area contributed by atoms with Crippen molar-refractivity contribution in [2.75, 3.05) is 11.9 Å². The minimum Gasteiger partial charge on any atom is -0.479 e. The lowest BCUT2D eigenvalue weighted by Gasteiger charge is -2.19. The lowest BCUT2D eigenvalue weighted by molar-refractivity contribution is -0.155. The Morgan fingerprint density at radius 3 is 2.57 bits per heavy atom. The van der Waals surface area contributed by atoms with Crippen molar-refractivity contribution in [1.82, 2.24) is 5.32 Å². The zero-order valence-electron chi connectivity index (χ0n) is 13.8. The number of aliphatic carboxylic acids is 1. The summed E-state index contributed by atoms with van der Waals surface area (Å²) in [6, 6.07) is 5.19. The molecule has 0 radical (unpaired) electrons. The van der Waals surface area contributed by atoms with Crippen LogP contribution in [0, 0.1) is 6.92 Å². The van der Waals surface area contributed by atoms with Crippen LogP contribution in [0.25, 0.3) is 0 Å². The van der Waals surface area contributed by atoms with E-state index in [2.05, 4.69) is 24.5 Å². The molecule has 2 atom stereocenters. The molecule has 1 aromatic carbocycles. The smallest absolute Gasteiger partial charge is 0.337 e. The Morgan fingerprint density at radius 2 is 2.04 bits per heavy atom. The summed E-state index contributed by atoms with van der Waals surface area (Å²) in [5.74, 6) is -1.39. The second-order valence-electron chi connectivity index (χ2n) is 5.70. The molecule has 1 rings (SSSR count). The molecule has 2 unspecified atom stereocenters. The van der Waals surface area contributed by atoms with E-state index >= 15 is 0 Å². The van der Waals surface area contributed by atoms with Crippen LogP contribution in [-0.4, -0.2) is 39.6 Å². The molecule has 0 aromatic heterocycles. The molecular weight excluding hydrogens is 316 g/mol. The number of hydrogen-bond acceptors (Lipinski definition) is 4. The van der Waals surface area contributed by atoms with Crippen LogP contribution in [0.1, 0.15) is 32.8 Å². The number of rotatable bonds is 7. The summed E-state index contributed by atoms with van der Waals surface area (Å²) < 4.78 is 0. The highest BCUT2D eigenvalue weighted by Crippen LogP contribution is 2.28. The zero-order valence-corrected chi connectivity index (χ0v) is 14.7. The van der Waals surface area contributed by atoms with Gasteiger partial charge in [-0.25, -0.2) is 9.59 Å². The van der Waals surface area contributed by atoms with E-state index in [1.54, 1.807) is 11.8 Å². The van der Waals surface area contributed by atoms with Crippen LogP contribution < -0.4 is 10.6 Å². The third kappa shape index (κ3) is 6.11. The fraction of sp³-hybridized carbons (Fsp3) is 0.500. The van der Waals surface area contributed by atoms with Gasteiger partial charge in [0.25, 0.3) is 0 Å². The molecule has 0 aliphatic heterocycles. The highest BCUT2D eigenvalue weighted by molar-refractivity contribution is 7.99. The molecule has 6 nitrogen and oxygen atoms in total. The second-order valence-corrected chi connectivity index (χ2v) is 7.21. The predicted octanol–water partition coefficient (Wildman–Crippen LogP) is 2.84. The first kappa shape index (κ1) is 19.3. The fourth-order valence-electron chi connectivity index (χ4n) is 1.66. The average Bonchev–Trinajstić information content (AvgIpc) is 2.47. The monoisotopic (exact) mass is 340 g/mol. The number of thioether (sulfide) groups is 1. The van der Waals surface area contributed by atoms with Crippen molar-refractivity contribution in [2.45, 2.75) is 49.9 Å². The minimum absolute atomic E-state index is 0.380. The van der Waals surface area contributed by atoms with E-state index in [9.17, 15) is 14.7 Å². The van der Waals surface area contributed by atoms with Gasteiger partial charge < -0.3 is 20.8 Å². The number of carboxylic acids is 1. The normalized spacial score (nSPS) is 14.7. The van der Waals surface area contributed by atoms with Crippen LogP contribution in [0.3, 0.4) is 0 Å². The molecule has 0 bridgehead atoms. The Bertz CT molecular complexity index is 575. The molecule has 128 valence electrons. The summed E-state index contributed by atoms with van der Waals surface area (Å²) in [7, 11) is 0. The van der Waals surface area contributed by atoms with E-state index in [-0.39, 0.29) is 6.54 Å². The van der Waals surface area contributed by atoms with Crippen LogP contribution in [0.5, 0.6) is 0 Å². The highest BCUT2D eigenvalue weighted by atomic mass is 32.2. The van der Waals surface area contributed by atoms with Crippen LogP contribution in [0.4, 0.5) is 10.5 Å². The van der Waals surface area contributed by atoms with Gasteiger partial charge >= 0.3 is 12.0 Å². The lowest BCUT2D eigenvalue weighted by atomic mass is 10.1. The van der Waals surface area contributed by atoms with E-state index in [1.165, 1.54) is 0 Å². The molecule has 0 saturated heterocycles. The molecule has 0 heterocycles. The van der Waals surface area contributed by atoms with E-state index in [1.807, 2.05) is 25.1 Å². The number of aryl methyl sites for hydroxylation is 1. The molecule has 0 spiro atoms. The molecule has 7 heteroatoms. The topological polar surface area (TPSA) is 98.7 Å². The lowest BCUT2D eigenvalue weighted by Crippen LogP contribution is -2.47. The van der Waals surface area contributed by atoms with Gasteiger partial charge in [-0.3, -0.25) is 0 Å². The first-order valence-corrected chi connectivity index (χ1v) is 8.31. The Labute approximate surface area is 140 Å². The number of amides is 2. The Kier molecular flexibility index (Phi) is 6.90. The van der Waals surface area contributed by atoms with E-state index in [0.29, 0.717) is 10.9 Å². The van der Waals surface area contributed by atoms with E-state index in [0.717, 1.165) is 23.8 Å². The number of carbonyl (C=O) groups is 2. The number of carbonyl (C=O) groups excluding carboxylic acids is 1. The molecule has 0 aliphatic carbocycles. The van der Waals surface area contributed by atoms with Crippen molar-refractivity contribution < 1.29 is 19.8 Å². The molecule has 0 saturated carbocycles. The molecule has 2 amide bonds. The maximum atomic E-state index is 11.8. The maximum absolute atomic E-state index is 11.8. The fourth-order valence-corrected chi connectivity index (χ4v) is 2.68. The van der Waals surface area contributed by atoms with Gasteiger partial charge in [-0.2, -0.15) is 0 Å². The molecule has 1 aromatic rings. The number of hydrogen-bond donors (Lipinski definition) is 4. The van der Waals surface area contributed by atoms with E-state index in [4.69, 9.17) is 5.11 Å². The Balaban J connectivity index is 2.63. The first-order chi connectivity index (χ1) is 10.7. The number of nitrogens with one attached hydrogen (secondary N) is 2. The highest BCUT2D eigenvalue weighted by Gasteiger charge is 2.30. The number of carboxylic acid groups (broad SMARTS) is 1. The minimum atomic E-state index is -2.00. The molecule has 0 fully saturated rings.